The van der Waals surface area contributed by atoms with Crippen molar-refractivity contribution >= 4 is 17.9 Å². The highest BCUT2D eigenvalue weighted by molar-refractivity contribution is 5.89. The van der Waals surface area contributed by atoms with E-state index < -0.39 is 30.5 Å². The third-order valence-corrected chi connectivity index (χ3v) is 5.69. The molecule has 8 nitrogen and oxygen atoms in total. The second kappa shape index (κ2) is 9.62. The number of cyclic esters (lactones) is 1. The van der Waals surface area contributed by atoms with Gasteiger partial charge in [-0.25, -0.2) is 32.9 Å². The summed E-state index contributed by atoms with van der Waals surface area (Å²) in [6, 6.07) is 5.01. The van der Waals surface area contributed by atoms with Crippen LogP contribution in [0.4, 0.5) is 29.7 Å². The van der Waals surface area contributed by atoms with Crippen molar-refractivity contribution in [1.82, 2.24) is 19.9 Å². The molecule has 0 bridgehead atoms. The minimum atomic E-state index is -2.61. The number of ether oxygens (including phenoxy) is 1. The normalized spacial score (nSPS) is 17.6. The third-order valence-electron chi connectivity index (χ3n) is 5.69. The Morgan fingerprint density at radius 1 is 1.12 bits per heavy atom. The number of rotatable bonds is 7. The van der Waals surface area contributed by atoms with Crippen LogP contribution in [0.2, 0.25) is 0 Å². The van der Waals surface area contributed by atoms with Crippen LogP contribution in [0.25, 0.3) is 11.1 Å². The van der Waals surface area contributed by atoms with Gasteiger partial charge < -0.3 is 10.1 Å². The van der Waals surface area contributed by atoms with Gasteiger partial charge in [-0.15, -0.1) is 0 Å². The highest BCUT2D eigenvalue weighted by atomic mass is 19.3. The fourth-order valence-electron chi connectivity index (χ4n) is 3.60. The SMILES string of the molecule is Cc1cc(-c2cnc(C(C)Nc3nccc(N4C(=O)OCC4[C@@H](C)C(F)F)n3)nc2)ccc1F. The van der Waals surface area contributed by atoms with Crippen molar-refractivity contribution in [3.05, 3.63) is 60.1 Å². The minimum absolute atomic E-state index is 0.138. The smallest absolute Gasteiger partial charge is 0.415 e. The summed E-state index contributed by atoms with van der Waals surface area (Å²) in [5.74, 6) is -0.573. The third kappa shape index (κ3) is 4.78. The predicted octanol–water partition coefficient (Wildman–Crippen LogP) is 4.78. The Kier molecular flexibility index (Phi) is 6.62. The zero-order valence-electron chi connectivity index (χ0n) is 18.7. The van der Waals surface area contributed by atoms with Gasteiger partial charge in [-0.2, -0.15) is 4.98 Å². The molecule has 34 heavy (non-hydrogen) atoms. The molecule has 3 atom stereocenters. The van der Waals surface area contributed by atoms with Crippen LogP contribution in [0.5, 0.6) is 0 Å². The molecule has 0 spiro atoms. The van der Waals surface area contributed by atoms with Crippen molar-refractivity contribution in [3.63, 3.8) is 0 Å². The maximum Gasteiger partial charge on any atom is 0.415 e. The number of halogens is 3. The Labute approximate surface area is 194 Å². The van der Waals surface area contributed by atoms with Crippen LogP contribution < -0.4 is 10.2 Å². The van der Waals surface area contributed by atoms with Gasteiger partial charge in [-0.1, -0.05) is 13.0 Å². The zero-order valence-corrected chi connectivity index (χ0v) is 18.7. The zero-order chi connectivity index (χ0) is 24.4. The molecule has 1 saturated heterocycles. The number of aryl methyl sites for hydroxylation is 1. The van der Waals surface area contributed by atoms with E-state index >= 15 is 0 Å². The van der Waals surface area contributed by atoms with E-state index in [1.54, 1.807) is 38.4 Å². The van der Waals surface area contributed by atoms with Crippen molar-refractivity contribution in [2.75, 3.05) is 16.8 Å². The fraction of sp³-hybridized carbons (Fsp3) is 0.348. The number of anilines is 2. The molecular formula is C23H23F3N6O2. The number of hydrogen-bond donors (Lipinski definition) is 1. The topological polar surface area (TPSA) is 93.1 Å². The first-order valence-corrected chi connectivity index (χ1v) is 10.7. The maximum absolute atomic E-state index is 13.5. The molecule has 2 aromatic heterocycles. The van der Waals surface area contributed by atoms with E-state index in [0.717, 1.165) is 16.0 Å². The van der Waals surface area contributed by atoms with Crippen LogP contribution in [-0.2, 0) is 4.74 Å². The quantitative estimate of drug-likeness (QED) is 0.529. The summed E-state index contributed by atoms with van der Waals surface area (Å²) in [6.45, 7) is 4.72. The van der Waals surface area contributed by atoms with Gasteiger partial charge in [0.15, 0.2) is 0 Å². The van der Waals surface area contributed by atoms with Gasteiger partial charge in [0.2, 0.25) is 12.4 Å². The van der Waals surface area contributed by atoms with Gasteiger partial charge >= 0.3 is 6.09 Å². The first kappa shape index (κ1) is 23.4. The molecule has 1 aliphatic rings. The van der Waals surface area contributed by atoms with E-state index in [0.29, 0.717) is 11.4 Å². The first-order valence-electron chi connectivity index (χ1n) is 10.7. The molecule has 1 amide bonds. The molecule has 2 unspecified atom stereocenters. The highest BCUT2D eigenvalue weighted by Gasteiger charge is 2.41. The number of hydrogen-bond acceptors (Lipinski definition) is 7. The molecule has 0 radical (unpaired) electrons. The van der Waals surface area contributed by atoms with Gasteiger partial charge in [-0.3, -0.25) is 4.90 Å². The molecule has 1 aromatic carbocycles. The largest absolute Gasteiger partial charge is 0.447 e. The molecule has 0 aliphatic carbocycles. The lowest BCUT2D eigenvalue weighted by atomic mass is 10.0. The fourth-order valence-corrected chi connectivity index (χ4v) is 3.60. The van der Waals surface area contributed by atoms with Crippen LogP contribution in [0.3, 0.4) is 0 Å². The van der Waals surface area contributed by atoms with E-state index in [-0.39, 0.29) is 24.2 Å². The molecule has 1 fully saturated rings. The van der Waals surface area contributed by atoms with E-state index in [2.05, 4.69) is 25.3 Å². The van der Waals surface area contributed by atoms with Gasteiger partial charge in [-0.05, 0) is 43.2 Å². The van der Waals surface area contributed by atoms with Gasteiger partial charge in [0, 0.05) is 30.1 Å². The van der Waals surface area contributed by atoms with Gasteiger partial charge in [0.25, 0.3) is 0 Å². The number of alkyl halides is 2. The van der Waals surface area contributed by atoms with Crippen molar-refractivity contribution in [3.8, 4) is 11.1 Å². The summed E-state index contributed by atoms with van der Waals surface area (Å²) >= 11 is 0. The van der Waals surface area contributed by atoms with Crippen LogP contribution in [0, 0.1) is 18.7 Å². The van der Waals surface area contributed by atoms with Crippen molar-refractivity contribution in [2.24, 2.45) is 5.92 Å². The summed E-state index contributed by atoms with van der Waals surface area (Å²) < 4.78 is 45.0. The van der Waals surface area contributed by atoms with E-state index in [4.69, 9.17) is 4.74 Å². The average Bonchev–Trinajstić information content (AvgIpc) is 3.21. The van der Waals surface area contributed by atoms with Crippen molar-refractivity contribution in [2.45, 2.75) is 39.3 Å². The van der Waals surface area contributed by atoms with Crippen LogP contribution >= 0.6 is 0 Å². The van der Waals surface area contributed by atoms with E-state index in [1.807, 2.05) is 0 Å². The Hall–Kier alpha value is -3.76. The predicted molar refractivity (Wildman–Crippen MR) is 119 cm³/mol. The lowest BCUT2D eigenvalue weighted by molar-refractivity contribution is 0.0685. The Bertz CT molecular complexity index is 1180. The number of nitrogens with zero attached hydrogens (tertiary/aromatic N) is 5. The molecule has 1 N–H and O–H groups in total. The number of amides is 1. The molecule has 3 aromatic rings. The number of aromatic nitrogens is 4. The molecule has 0 saturated carbocycles. The van der Waals surface area contributed by atoms with E-state index in [1.165, 1.54) is 25.3 Å². The maximum atomic E-state index is 13.5. The summed E-state index contributed by atoms with van der Waals surface area (Å²) in [5.41, 5.74) is 2.07. The minimum Gasteiger partial charge on any atom is -0.447 e. The lowest BCUT2D eigenvalue weighted by Crippen LogP contribution is -2.41. The van der Waals surface area contributed by atoms with Crippen LogP contribution in [-0.4, -0.2) is 45.1 Å². The summed E-state index contributed by atoms with van der Waals surface area (Å²) in [5, 5.41) is 3.06. The van der Waals surface area contributed by atoms with Crippen LogP contribution in [0.15, 0.2) is 42.9 Å². The number of carbonyl (C=O) groups excluding carboxylic acids is 1. The average molecular weight is 472 g/mol. The number of carbonyl (C=O) groups is 1. The number of nitrogens with one attached hydrogen (secondary N) is 1. The monoisotopic (exact) mass is 472 g/mol. The highest BCUT2D eigenvalue weighted by Crippen LogP contribution is 2.29. The van der Waals surface area contributed by atoms with Crippen molar-refractivity contribution < 1.29 is 22.7 Å². The standard InChI is InChI=1S/C23H23F3N6O2/c1-12-8-15(4-5-17(12)24)16-9-28-21(29-10-16)14(3)30-22-27-7-6-19(31-22)32-18(11-34-23(32)33)13(2)20(25)26/h4-10,13-14,18,20H,11H2,1-3H3,(H,27,30,31)/t13-,14?,18?/m1/s1. The molecule has 4 rings (SSSR count). The summed E-state index contributed by atoms with van der Waals surface area (Å²) in [6.07, 6.45) is 1.36. The van der Waals surface area contributed by atoms with Gasteiger partial charge in [0.05, 0.1) is 12.1 Å². The lowest BCUT2D eigenvalue weighted by Gasteiger charge is -2.25. The van der Waals surface area contributed by atoms with Crippen LogP contribution in [0.1, 0.15) is 31.3 Å². The van der Waals surface area contributed by atoms with E-state index in [9.17, 15) is 18.0 Å². The first-order chi connectivity index (χ1) is 16.2. The molecule has 1 aliphatic heterocycles. The Morgan fingerprint density at radius 3 is 2.53 bits per heavy atom. The Balaban J connectivity index is 1.49. The van der Waals surface area contributed by atoms with Gasteiger partial charge in [0.1, 0.15) is 24.1 Å². The summed E-state index contributed by atoms with van der Waals surface area (Å²) in [7, 11) is 0. The molecule has 3 heterocycles. The second-order valence-corrected chi connectivity index (χ2v) is 8.11. The summed E-state index contributed by atoms with van der Waals surface area (Å²) in [4.78, 5) is 30.5. The molecule has 11 heteroatoms. The van der Waals surface area contributed by atoms with Crippen molar-refractivity contribution in [1.29, 1.82) is 0 Å². The number of benzene rings is 1. The second-order valence-electron chi connectivity index (χ2n) is 8.11. The Morgan fingerprint density at radius 2 is 1.85 bits per heavy atom. The molecular weight excluding hydrogens is 449 g/mol. The molecule has 178 valence electrons.